The largest absolute Gasteiger partial charge is 0.369 e. The van der Waals surface area contributed by atoms with Gasteiger partial charge in [0.25, 0.3) is 0 Å². The number of aromatic nitrogens is 1. The van der Waals surface area contributed by atoms with Gasteiger partial charge in [-0.3, -0.25) is 0 Å². The Bertz CT molecular complexity index is 730. The maximum absolute atomic E-state index is 6.55. The molecule has 1 aromatic carbocycles. The molecule has 0 saturated carbocycles. The molecular formula is C22H33N3O. The van der Waals surface area contributed by atoms with Gasteiger partial charge in [-0.25, -0.2) is 0 Å². The van der Waals surface area contributed by atoms with Crippen LogP contribution >= 0.6 is 0 Å². The zero-order valence-electron chi connectivity index (χ0n) is 16.4. The number of benzene rings is 1. The molecule has 2 saturated heterocycles. The van der Waals surface area contributed by atoms with Crippen molar-refractivity contribution >= 4 is 10.9 Å². The Hall–Kier alpha value is -1.36. The summed E-state index contributed by atoms with van der Waals surface area (Å²) in [5.41, 5.74) is 2.71. The average Bonchev–Trinajstić information content (AvgIpc) is 3.04. The average molecular weight is 356 g/mol. The fourth-order valence-corrected chi connectivity index (χ4v) is 5.04. The van der Waals surface area contributed by atoms with Crippen LogP contribution in [0, 0.1) is 5.92 Å². The number of fused-ring (bicyclic) bond motifs is 1. The first-order valence-corrected chi connectivity index (χ1v) is 10.3. The molecular weight excluding hydrogens is 322 g/mol. The van der Waals surface area contributed by atoms with Crippen LogP contribution in [0.15, 0.2) is 30.5 Å². The van der Waals surface area contributed by atoms with Crippen LogP contribution in [0.5, 0.6) is 0 Å². The van der Waals surface area contributed by atoms with E-state index in [9.17, 15) is 0 Å². The molecule has 2 aliphatic rings. The molecule has 2 fully saturated rings. The van der Waals surface area contributed by atoms with E-state index in [1.165, 1.54) is 16.5 Å². The molecule has 2 aromatic rings. The van der Waals surface area contributed by atoms with Crippen molar-refractivity contribution in [3.63, 3.8) is 0 Å². The summed E-state index contributed by atoms with van der Waals surface area (Å²) in [5, 5.41) is 5.14. The van der Waals surface area contributed by atoms with Crippen LogP contribution in [-0.4, -0.2) is 53.8 Å². The normalized spacial score (nSPS) is 26.8. The van der Waals surface area contributed by atoms with E-state index in [2.05, 4.69) is 66.4 Å². The van der Waals surface area contributed by atoms with Gasteiger partial charge in [0.05, 0.1) is 11.7 Å². The zero-order valence-corrected chi connectivity index (χ0v) is 16.4. The fourth-order valence-electron chi connectivity index (χ4n) is 5.04. The number of nitrogens with zero attached hydrogens (tertiary/aromatic N) is 1. The third-order valence-electron chi connectivity index (χ3n) is 6.37. The van der Waals surface area contributed by atoms with E-state index in [0.717, 1.165) is 45.4 Å². The number of ether oxygens (including phenoxy) is 1. The quantitative estimate of drug-likeness (QED) is 0.881. The van der Waals surface area contributed by atoms with Gasteiger partial charge in [-0.05, 0) is 43.7 Å². The molecule has 2 N–H and O–H groups in total. The SMILES string of the molecule is CC1CNC(C(C)C)C2(CCN(CCc3c[nH]c4ccccc34)CC2)O1. The van der Waals surface area contributed by atoms with Crippen molar-refractivity contribution in [2.24, 2.45) is 5.92 Å². The van der Waals surface area contributed by atoms with Crippen LogP contribution in [0.2, 0.25) is 0 Å². The van der Waals surface area contributed by atoms with Gasteiger partial charge in [0, 0.05) is 49.3 Å². The Morgan fingerprint density at radius 2 is 2.00 bits per heavy atom. The molecule has 2 unspecified atom stereocenters. The van der Waals surface area contributed by atoms with Gasteiger partial charge in [-0.2, -0.15) is 0 Å². The van der Waals surface area contributed by atoms with Crippen molar-refractivity contribution in [2.45, 2.75) is 57.8 Å². The predicted molar refractivity (Wildman–Crippen MR) is 108 cm³/mol. The minimum Gasteiger partial charge on any atom is -0.369 e. The van der Waals surface area contributed by atoms with E-state index in [1.807, 2.05) is 0 Å². The van der Waals surface area contributed by atoms with Crippen molar-refractivity contribution < 1.29 is 4.74 Å². The third-order valence-corrected chi connectivity index (χ3v) is 6.37. The number of piperidine rings is 1. The number of hydrogen-bond donors (Lipinski definition) is 2. The smallest absolute Gasteiger partial charge is 0.0865 e. The summed E-state index contributed by atoms with van der Waals surface area (Å²) in [6, 6.07) is 9.09. The molecule has 26 heavy (non-hydrogen) atoms. The summed E-state index contributed by atoms with van der Waals surface area (Å²) in [7, 11) is 0. The molecule has 4 rings (SSSR count). The predicted octanol–water partition coefficient (Wildman–Crippen LogP) is 3.58. The third kappa shape index (κ3) is 3.42. The highest BCUT2D eigenvalue weighted by Gasteiger charge is 2.47. The molecule has 2 atom stereocenters. The van der Waals surface area contributed by atoms with E-state index in [4.69, 9.17) is 4.74 Å². The Kier molecular flexibility index (Phi) is 5.09. The van der Waals surface area contributed by atoms with E-state index in [1.54, 1.807) is 0 Å². The second-order valence-corrected chi connectivity index (χ2v) is 8.57. The van der Waals surface area contributed by atoms with Gasteiger partial charge in [-0.15, -0.1) is 0 Å². The number of para-hydroxylation sites is 1. The molecule has 4 nitrogen and oxygen atoms in total. The number of likely N-dealkylation sites (tertiary alicyclic amines) is 1. The highest BCUT2D eigenvalue weighted by molar-refractivity contribution is 5.83. The highest BCUT2D eigenvalue weighted by atomic mass is 16.5. The summed E-state index contributed by atoms with van der Waals surface area (Å²) in [5.74, 6) is 0.611. The Morgan fingerprint density at radius 1 is 1.23 bits per heavy atom. The number of H-pyrrole nitrogens is 1. The first-order chi connectivity index (χ1) is 12.6. The lowest BCUT2D eigenvalue weighted by atomic mass is 9.77. The van der Waals surface area contributed by atoms with Crippen LogP contribution in [0.3, 0.4) is 0 Å². The van der Waals surface area contributed by atoms with E-state index < -0.39 is 0 Å². The van der Waals surface area contributed by atoms with Crippen LogP contribution in [0.25, 0.3) is 10.9 Å². The molecule has 2 aliphatic heterocycles. The molecule has 1 aromatic heterocycles. The maximum Gasteiger partial charge on any atom is 0.0865 e. The van der Waals surface area contributed by atoms with Crippen molar-refractivity contribution in [1.82, 2.24) is 15.2 Å². The van der Waals surface area contributed by atoms with E-state index >= 15 is 0 Å². The van der Waals surface area contributed by atoms with Gasteiger partial charge in [0.1, 0.15) is 0 Å². The fraction of sp³-hybridized carbons (Fsp3) is 0.636. The highest BCUT2D eigenvalue weighted by Crippen LogP contribution is 2.36. The van der Waals surface area contributed by atoms with E-state index in [0.29, 0.717) is 18.1 Å². The van der Waals surface area contributed by atoms with Crippen molar-refractivity contribution in [3.05, 3.63) is 36.0 Å². The lowest BCUT2D eigenvalue weighted by molar-refractivity contribution is -0.168. The molecule has 0 amide bonds. The molecule has 1 spiro atoms. The minimum atomic E-state index is 0.0309. The van der Waals surface area contributed by atoms with Gasteiger partial charge in [0.2, 0.25) is 0 Å². The summed E-state index contributed by atoms with van der Waals surface area (Å²) in [6.45, 7) is 11.2. The van der Waals surface area contributed by atoms with E-state index in [-0.39, 0.29) is 5.60 Å². The van der Waals surface area contributed by atoms with Crippen molar-refractivity contribution in [2.75, 3.05) is 26.2 Å². The first-order valence-electron chi connectivity index (χ1n) is 10.3. The lowest BCUT2D eigenvalue weighted by Gasteiger charge is -2.52. The van der Waals surface area contributed by atoms with Gasteiger partial charge < -0.3 is 19.9 Å². The molecule has 142 valence electrons. The Morgan fingerprint density at radius 3 is 2.77 bits per heavy atom. The van der Waals surface area contributed by atoms with Crippen LogP contribution < -0.4 is 5.32 Å². The monoisotopic (exact) mass is 355 g/mol. The lowest BCUT2D eigenvalue weighted by Crippen LogP contribution is -2.65. The number of aromatic amines is 1. The topological polar surface area (TPSA) is 40.3 Å². The maximum atomic E-state index is 6.55. The molecule has 0 aliphatic carbocycles. The molecule has 0 radical (unpaired) electrons. The summed E-state index contributed by atoms with van der Waals surface area (Å²) in [6.07, 6.45) is 5.89. The van der Waals surface area contributed by atoms with Crippen molar-refractivity contribution in [1.29, 1.82) is 0 Å². The number of hydrogen-bond acceptors (Lipinski definition) is 3. The standard InChI is InChI=1S/C22H33N3O/c1-16(2)21-22(26-17(3)14-24-21)9-12-25(13-10-22)11-8-18-15-23-20-7-5-4-6-19(18)20/h4-7,15-17,21,23-24H,8-14H2,1-3H3. The number of rotatable bonds is 4. The second-order valence-electron chi connectivity index (χ2n) is 8.57. The van der Waals surface area contributed by atoms with Gasteiger partial charge in [-0.1, -0.05) is 32.0 Å². The Balaban J connectivity index is 1.37. The van der Waals surface area contributed by atoms with Crippen molar-refractivity contribution in [3.8, 4) is 0 Å². The number of morpholine rings is 1. The summed E-state index contributed by atoms with van der Waals surface area (Å²) >= 11 is 0. The second kappa shape index (κ2) is 7.34. The molecule has 4 heteroatoms. The van der Waals surface area contributed by atoms with Gasteiger partial charge in [0.15, 0.2) is 0 Å². The number of nitrogens with one attached hydrogen (secondary N) is 2. The summed E-state index contributed by atoms with van der Waals surface area (Å²) in [4.78, 5) is 6.02. The summed E-state index contributed by atoms with van der Waals surface area (Å²) < 4.78 is 6.55. The van der Waals surface area contributed by atoms with Gasteiger partial charge >= 0.3 is 0 Å². The zero-order chi connectivity index (χ0) is 18.1. The molecule has 0 bridgehead atoms. The first kappa shape index (κ1) is 18.0. The minimum absolute atomic E-state index is 0.0309. The molecule has 3 heterocycles. The van der Waals surface area contributed by atoms with Crippen LogP contribution in [0.4, 0.5) is 0 Å². The van der Waals surface area contributed by atoms with Crippen LogP contribution in [0.1, 0.15) is 39.2 Å². The van der Waals surface area contributed by atoms with Crippen LogP contribution in [-0.2, 0) is 11.2 Å². The Labute approximate surface area is 157 Å².